The molecule has 176 valence electrons. The Bertz CT molecular complexity index is 1250. The normalized spacial score (nSPS) is 15.9. The fraction of sp³-hybridized carbons (Fsp3) is 0.400. The van der Waals surface area contributed by atoms with Gasteiger partial charge in [-0.05, 0) is 31.5 Å². The van der Waals surface area contributed by atoms with Crippen LogP contribution in [0, 0.1) is 0 Å². The highest BCUT2D eigenvalue weighted by molar-refractivity contribution is 5.98. The lowest BCUT2D eigenvalue weighted by Gasteiger charge is -2.34. The second-order valence-electron chi connectivity index (χ2n) is 9.11. The summed E-state index contributed by atoms with van der Waals surface area (Å²) in [5.41, 5.74) is 3.29. The Morgan fingerprint density at radius 2 is 1.88 bits per heavy atom. The molecule has 2 aliphatic heterocycles. The number of hydrogen-bond acceptors (Lipinski definition) is 7. The minimum atomic E-state index is -0.0635. The Labute approximate surface area is 198 Å². The number of rotatable bonds is 5. The van der Waals surface area contributed by atoms with Crippen molar-refractivity contribution in [3.63, 3.8) is 0 Å². The van der Waals surface area contributed by atoms with Gasteiger partial charge in [0.1, 0.15) is 11.5 Å². The predicted octanol–water partition coefficient (Wildman–Crippen LogP) is 2.67. The third kappa shape index (κ3) is 4.13. The topological polar surface area (TPSA) is 94.6 Å². The van der Waals surface area contributed by atoms with E-state index in [1.165, 1.54) is 0 Å². The van der Waals surface area contributed by atoms with E-state index >= 15 is 0 Å². The number of anilines is 2. The quantitative estimate of drug-likeness (QED) is 0.627. The minimum absolute atomic E-state index is 0.0635. The molecular formula is C25H29N7O2. The molecular weight excluding hydrogens is 430 g/mol. The van der Waals surface area contributed by atoms with Gasteiger partial charge in [0, 0.05) is 62.8 Å². The largest absolute Gasteiger partial charge is 0.365 e. The first-order valence-corrected chi connectivity index (χ1v) is 11.7. The third-order valence-electron chi connectivity index (χ3n) is 6.53. The molecule has 4 heterocycles. The van der Waals surface area contributed by atoms with Gasteiger partial charge in [0.15, 0.2) is 0 Å². The van der Waals surface area contributed by atoms with E-state index in [2.05, 4.69) is 21.4 Å². The van der Waals surface area contributed by atoms with Crippen LogP contribution in [0.25, 0.3) is 10.9 Å². The molecule has 0 unspecified atom stereocenters. The third-order valence-corrected chi connectivity index (χ3v) is 6.53. The van der Waals surface area contributed by atoms with Gasteiger partial charge < -0.3 is 20.0 Å². The summed E-state index contributed by atoms with van der Waals surface area (Å²) in [6, 6.07) is 10.2. The van der Waals surface area contributed by atoms with E-state index in [-0.39, 0.29) is 17.9 Å². The second-order valence-corrected chi connectivity index (χ2v) is 9.11. The summed E-state index contributed by atoms with van der Waals surface area (Å²) in [6.45, 7) is 9.13. The van der Waals surface area contributed by atoms with Crippen molar-refractivity contribution in [2.45, 2.75) is 39.9 Å². The Hall–Kier alpha value is -3.75. The maximum Gasteiger partial charge on any atom is 0.273 e. The lowest BCUT2D eigenvalue weighted by atomic mass is 10.1. The van der Waals surface area contributed by atoms with Gasteiger partial charge in [0.05, 0.1) is 12.1 Å². The van der Waals surface area contributed by atoms with Crippen molar-refractivity contribution in [3.8, 4) is 0 Å². The Morgan fingerprint density at radius 1 is 1.12 bits per heavy atom. The summed E-state index contributed by atoms with van der Waals surface area (Å²) >= 11 is 0. The average Bonchev–Trinajstić information content (AvgIpc) is 3.19. The molecule has 34 heavy (non-hydrogen) atoms. The number of benzene rings is 1. The monoisotopic (exact) mass is 459 g/mol. The standard InChI is InChI=1S/C25H29N7O2/c1-16(2)32-15-20-22(24(32)34)28-25(31-10-8-30(9-11-31)17(3)33)29-23(20)27-14-18-12-19-6-4-5-7-21(19)26-13-18/h4-7,12-13,16H,8-11,14-15H2,1-3H3,(H,27,28,29). The van der Waals surface area contributed by atoms with Crippen LogP contribution in [-0.2, 0) is 17.9 Å². The van der Waals surface area contributed by atoms with E-state index in [1.54, 1.807) is 6.92 Å². The number of amides is 2. The van der Waals surface area contributed by atoms with Crippen LogP contribution in [0.5, 0.6) is 0 Å². The maximum absolute atomic E-state index is 13.1. The van der Waals surface area contributed by atoms with Gasteiger partial charge >= 0.3 is 0 Å². The van der Waals surface area contributed by atoms with Gasteiger partial charge in [-0.25, -0.2) is 4.98 Å². The molecule has 0 spiro atoms. The first-order valence-electron chi connectivity index (χ1n) is 11.7. The lowest BCUT2D eigenvalue weighted by molar-refractivity contribution is -0.129. The summed E-state index contributed by atoms with van der Waals surface area (Å²) in [7, 11) is 0. The van der Waals surface area contributed by atoms with Crippen molar-refractivity contribution < 1.29 is 9.59 Å². The fourth-order valence-electron chi connectivity index (χ4n) is 4.50. The van der Waals surface area contributed by atoms with Gasteiger partial charge in [-0.2, -0.15) is 4.98 Å². The number of aromatic nitrogens is 3. The maximum atomic E-state index is 13.1. The molecule has 1 fully saturated rings. The van der Waals surface area contributed by atoms with Crippen molar-refractivity contribution in [2.24, 2.45) is 0 Å². The molecule has 5 rings (SSSR count). The highest BCUT2D eigenvalue weighted by Gasteiger charge is 2.35. The lowest BCUT2D eigenvalue weighted by Crippen LogP contribution is -2.48. The molecule has 0 saturated carbocycles. The van der Waals surface area contributed by atoms with Crippen LogP contribution in [0.4, 0.5) is 11.8 Å². The predicted molar refractivity (Wildman–Crippen MR) is 131 cm³/mol. The molecule has 3 aromatic rings. The molecule has 9 nitrogen and oxygen atoms in total. The molecule has 0 atom stereocenters. The number of pyridine rings is 1. The van der Waals surface area contributed by atoms with Crippen LogP contribution < -0.4 is 10.2 Å². The average molecular weight is 460 g/mol. The molecule has 1 saturated heterocycles. The molecule has 0 bridgehead atoms. The van der Waals surface area contributed by atoms with E-state index < -0.39 is 0 Å². The molecule has 0 aliphatic carbocycles. The van der Waals surface area contributed by atoms with Crippen molar-refractivity contribution in [1.29, 1.82) is 0 Å². The number of fused-ring (bicyclic) bond motifs is 2. The SMILES string of the molecule is CC(=O)N1CCN(c2nc(NCc3cnc4ccccc4c3)c3c(n2)C(=O)N(C(C)C)C3)CC1. The van der Waals surface area contributed by atoms with Gasteiger partial charge in [-0.15, -0.1) is 0 Å². The molecule has 1 N–H and O–H groups in total. The van der Waals surface area contributed by atoms with Crippen molar-refractivity contribution >= 4 is 34.5 Å². The van der Waals surface area contributed by atoms with E-state index in [0.717, 1.165) is 22.0 Å². The second kappa shape index (κ2) is 8.89. The summed E-state index contributed by atoms with van der Waals surface area (Å²) in [6.07, 6.45) is 1.87. The fourth-order valence-corrected chi connectivity index (χ4v) is 4.50. The number of piperazine rings is 1. The zero-order valence-electron chi connectivity index (χ0n) is 19.8. The number of nitrogens with one attached hydrogen (secondary N) is 1. The minimum Gasteiger partial charge on any atom is -0.365 e. The highest BCUT2D eigenvalue weighted by atomic mass is 16.2. The molecule has 2 aromatic heterocycles. The van der Waals surface area contributed by atoms with E-state index in [1.807, 2.05) is 59.0 Å². The first-order chi connectivity index (χ1) is 16.4. The van der Waals surface area contributed by atoms with Crippen LogP contribution >= 0.6 is 0 Å². The first kappa shape index (κ1) is 22.1. The van der Waals surface area contributed by atoms with E-state index in [4.69, 9.17) is 4.98 Å². The van der Waals surface area contributed by atoms with Gasteiger partial charge in [-0.1, -0.05) is 18.2 Å². The summed E-state index contributed by atoms with van der Waals surface area (Å²) in [5.74, 6) is 1.22. The summed E-state index contributed by atoms with van der Waals surface area (Å²) in [4.78, 5) is 44.6. The number of para-hydroxylation sites is 1. The van der Waals surface area contributed by atoms with Crippen molar-refractivity contribution in [2.75, 3.05) is 36.4 Å². The van der Waals surface area contributed by atoms with Gasteiger partial charge in [-0.3, -0.25) is 14.6 Å². The smallest absolute Gasteiger partial charge is 0.273 e. The van der Waals surface area contributed by atoms with E-state index in [0.29, 0.717) is 56.7 Å². The number of hydrogen-bond donors (Lipinski definition) is 1. The summed E-state index contributed by atoms with van der Waals surface area (Å²) in [5, 5.41) is 4.53. The van der Waals surface area contributed by atoms with Crippen molar-refractivity contribution in [1.82, 2.24) is 24.8 Å². The zero-order chi connectivity index (χ0) is 23.8. The molecule has 0 radical (unpaired) electrons. The highest BCUT2D eigenvalue weighted by Crippen LogP contribution is 2.31. The van der Waals surface area contributed by atoms with Crippen LogP contribution in [0.15, 0.2) is 36.5 Å². The van der Waals surface area contributed by atoms with Crippen LogP contribution in [-0.4, -0.2) is 68.8 Å². The summed E-state index contributed by atoms with van der Waals surface area (Å²) < 4.78 is 0. The number of nitrogens with zero attached hydrogens (tertiary/aromatic N) is 6. The Morgan fingerprint density at radius 3 is 2.62 bits per heavy atom. The zero-order valence-corrected chi connectivity index (χ0v) is 19.8. The molecule has 9 heteroatoms. The number of carbonyl (C=O) groups excluding carboxylic acids is 2. The number of carbonyl (C=O) groups is 2. The Balaban J connectivity index is 1.43. The van der Waals surface area contributed by atoms with Crippen LogP contribution in [0.3, 0.4) is 0 Å². The van der Waals surface area contributed by atoms with Gasteiger partial charge in [0.25, 0.3) is 5.91 Å². The molecule has 2 amide bonds. The van der Waals surface area contributed by atoms with Crippen molar-refractivity contribution in [3.05, 3.63) is 53.3 Å². The van der Waals surface area contributed by atoms with E-state index in [9.17, 15) is 9.59 Å². The van der Waals surface area contributed by atoms with Gasteiger partial charge in [0.2, 0.25) is 11.9 Å². The van der Waals surface area contributed by atoms with Crippen LogP contribution in [0.2, 0.25) is 0 Å². The van der Waals surface area contributed by atoms with Crippen LogP contribution in [0.1, 0.15) is 42.4 Å². The molecule has 1 aromatic carbocycles. The molecule has 2 aliphatic rings. The Kier molecular flexibility index (Phi) is 5.77.